The Hall–Kier alpha value is -3.17. The lowest BCUT2D eigenvalue weighted by Crippen LogP contribution is -2.43. The summed E-state index contributed by atoms with van der Waals surface area (Å²) in [6.45, 7) is 1.92. The first-order chi connectivity index (χ1) is 14.7. The van der Waals surface area contributed by atoms with Gasteiger partial charge in [0.05, 0.1) is 17.4 Å². The lowest BCUT2D eigenvalue weighted by molar-refractivity contribution is -0.137. The van der Waals surface area contributed by atoms with Crippen molar-refractivity contribution in [2.24, 2.45) is 5.92 Å². The van der Waals surface area contributed by atoms with Crippen molar-refractivity contribution in [1.82, 2.24) is 24.6 Å². The summed E-state index contributed by atoms with van der Waals surface area (Å²) < 4.78 is 41.4. The Morgan fingerprint density at radius 2 is 2.03 bits per heavy atom. The van der Waals surface area contributed by atoms with Gasteiger partial charge in [-0.15, -0.1) is 0 Å². The van der Waals surface area contributed by atoms with E-state index in [4.69, 9.17) is 0 Å². The van der Waals surface area contributed by atoms with Crippen LogP contribution in [0.4, 0.5) is 13.2 Å². The molecule has 0 bridgehead atoms. The van der Waals surface area contributed by atoms with E-state index in [1.807, 2.05) is 0 Å². The molecule has 2 atom stereocenters. The van der Waals surface area contributed by atoms with Crippen LogP contribution in [0.2, 0.25) is 0 Å². The third-order valence-corrected chi connectivity index (χ3v) is 5.74. The van der Waals surface area contributed by atoms with Crippen LogP contribution in [-0.2, 0) is 17.5 Å². The second-order valence-electron chi connectivity index (χ2n) is 7.96. The standard InChI is InChI=1S/C21H22F3N5O2/c1-13-5-2-3-8-17(13)27-18(30)11-28-12-25-19-16(20(28)31)10-26-29(19)15-7-4-6-14(9-15)21(22,23)24/h4,6-7,9-10,12-13,17H,2-3,5,8,11H2,1H3,(H,27,30)/t13-,17+/m0/s1. The number of amides is 1. The van der Waals surface area contributed by atoms with Gasteiger partial charge in [0, 0.05) is 6.04 Å². The van der Waals surface area contributed by atoms with Crippen molar-refractivity contribution in [3.8, 4) is 5.69 Å². The van der Waals surface area contributed by atoms with Crippen LogP contribution >= 0.6 is 0 Å². The van der Waals surface area contributed by atoms with E-state index in [1.54, 1.807) is 0 Å². The molecule has 1 N–H and O–H groups in total. The highest BCUT2D eigenvalue weighted by atomic mass is 19.4. The van der Waals surface area contributed by atoms with Gasteiger partial charge in [-0.25, -0.2) is 9.67 Å². The number of nitrogens with one attached hydrogen (secondary N) is 1. The molecule has 0 saturated heterocycles. The van der Waals surface area contributed by atoms with Crippen molar-refractivity contribution in [1.29, 1.82) is 0 Å². The summed E-state index contributed by atoms with van der Waals surface area (Å²) in [4.78, 5) is 29.4. The highest BCUT2D eigenvalue weighted by Crippen LogP contribution is 2.30. The zero-order valence-corrected chi connectivity index (χ0v) is 16.9. The summed E-state index contributed by atoms with van der Waals surface area (Å²) in [6, 6.07) is 4.72. The van der Waals surface area contributed by atoms with E-state index in [2.05, 4.69) is 22.3 Å². The number of halogens is 3. The average molecular weight is 433 g/mol. The molecule has 164 valence electrons. The third-order valence-electron chi connectivity index (χ3n) is 5.74. The second-order valence-corrected chi connectivity index (χ2v) is 7.96. The van der Waals surface area contributed by atoms with Gasteiger partial charge in [-0.05, 0) is 37.0 Å². The van der Waals surface area contributed by atoms with Crippen LogP contribution < -0.4 is 10.9 Å². The molecule has 1 aromatic carbocycles. The molecule has 1 aliphatic carbocycles. The van der Waals surface area contributed by atoms with Gasteiger partial charge < -0.3 is 5.32 Å². The number of benzene rings is 1. The Labute approximate surface area is 175 Å². The van der Waals surface area contributed by atoms with Crippen LogP contribution in [0.3, 0.4) is 0 Å². The third kappa shape index (κ3) is 4.33. The molecule has 0 spiro atoms. The maximum absolute atomic E-state index is 13.0. The van der Waals surface area contributed by atoms with Gasteiger partial charge in [-0.3, -0.25) is 14.2 Å². The minimum absolute atomic E-state index is 0.0947. The molecule has 31 heavy (non-hydrogen) atoms. The highest BCUT2D eigenvalue weighted by Gasteiger charge is 2.31. The Bertz CT molecular complexity index is 1170. The van der Waals surface area contributed by atoms with Crippen molar-refractivity contribution in [2.75, 3.05) is 0 Å². The number of carbonyl (C=O) groups is 1. The number of fused-ring (bicyclic) bond motifs is 1. The largest absolute Gasteiger partial charge is 0.416 e. The molecule has 1 saturated carbocycles. The fourth-order valence-electron chi connectivity index (χ4n) is 4.00. The Morgan fingerprint density at radius 1 is 1.26 bits per heavy atom. The molecule has 3 aromatic rings. The predicted molar refractivity (Wildman–Crippen MR) is 108 cm³/mol. The Balaban J connectivity index is 1.58. The molecule has 0 aliphatic heterocycles. The fraction of sp³-hybridized carbons (Fsp3) is 0.429. The number of aromatic nitrogens is 4. The van der Waals surface area contributed by atoms with E-state index in [0.717, 1.165) is 37.8 Å². The zero-order chi connectivity index (χ0) is 22.2. The van der Waals surface area contributed by atoms with E-state index in [0.29, 0.717) is 5.92 Å². The minimum Gasteiger partial charge on any atom is -0.352 e. The van der Waals surface area contributed by atoms with Crippen LogP contribution in [0.5, 0.6) is 0 Å². The van der Waals surface area contributed by atoms with E-state index < -0.39 is 17.3 Å². The average Bonchev–Trinajstić information content (AvgIpc) is 3.16. The molecule has 1 fully saturated rings. The van der Waals surface area contributed by atoms with Gasteiger partial charge in [-0.1, -0.05) is 25.8 Å². The summed E-state index contributed by atoms with van der Waals surface area (Å²) in [5.74, 6) is 0.119. The molecule has 0 unspecified atom stereocenters. The number of hydrogen-bond acceptors (Lipinski definition) is 4. The van der Waals surface area contributed by atoms with Crippen molar-refractivity contribution < 1.29 is 18.0 Å². The summed E-state index contributed by atoms with van der Waals surface area (Å²) in [7, 11) is 0. The van der Waals surface area contributed by atoms with Crippen molar-refractivity contribution >= 4 is 16.9 Å². The molecular formula is C21H22F3N5O2. The van der Waals surface area contributed by atoms with E-state index in [-0.39, 0.29) is 35.2 Å². The van der Waals surface area contributed by atoms with Gasteiger partial charge in [0.1, 0.15) is 18.3 Å². The Kier molecular flexibility index (Phi) is 5.55. The highest BCUT2D eigenvalue weighted by molar-refractivity contribution is 5.78. The quantitative estimate of drug-likeness (QED) is 0.685. The van der Waals surface area contributed by atoms with Crippen molar-refractivity contribution in [2.45, 2.75) is 51.4 Å². The van der Waals surface area contributed by atoms with E-state index in [1.165, 1.54) is 33.9 Å². The first-order valence-electron chi connectivity index (χ1n) is 10.1. The first-order valence-corrected chi connectivity index (χ1v) is 10.1. The summed E-state index contributed by atoms with van der Waals surface area (Å²) in [6.07, 6.45) is 2.18. The molecule has 10 heteroatoms. The summed E-state index contributed by atoms with van der Waals surface area (Å²) in [5.41, 5.74) is -1.04. The second kappa shape index (κ2) is 8.16. The van der Waals surface area contributed by atoms with Crippen molar-refractivity contribution in [3.63, 3.8) is 0 Å². The lowest BCUT2D eigenvalue weighted by Gasteiger charge is -2.29. The number of rotatable bonds is 4. The number of nitrogens with zero attached hydrogens (tertiary/aromatic N) is 4. The maximum atomic E-state index is 13.0. The van der Waals surface area contributed by atoms with Crippen LogP contribution in [0.15, 0.2) is 41.6 Å². The van der Waals surface area contributed by atoms with Crippen LogP contribution in [0.25, 0.3) is 16.7 Å². The maximum Gasteiger partial charge on any atom is 0.416 e. The first kappa shape index (κ1) is 21.1. The number of hydrogen-bond donors (Lipinski definition) is 1. The molecular weight excluding hydrogens is 411 g/mol. The minimum atomic E-state index is -4.50. The summed E-state index contributed by atoms with van der Waals surface area (Å²) >= 11 is 0. The SMILES string of the molecule is C[C@H]1CCCC[C@H]1NC(=O)Cn1cnc2c(cnn2-c2cccc(C(F)(F)F)c2)c1=O. The molecule has 2 heterocycles. The molecule has 1 aliphatic rings. The monoisotopic (exact) mass is 433 g/mol. The number of carbonyl (C=O) groups excluding carboxylic acids is 1. The van der Waals surface area contributed by atoms with Gasteiger partial charge in [0.25, 0.3) is 5.56 Å². The zero-order valence-electron chi connectivity index (χ0n) is 16.9. The normalized spacial score (nSPS) is 19.5. The lowest BCUT2D eigenvalue weighted by atomic mass is 9.86. The predicted octanol–water partition coefficient (Wildman–Crippen LogP) is 3.30. The molecule has 1 amide bonds. The molecule has 4 rings (SSSR count). The smallest absolute Gasteiger partial charge is 0.352 e. The fourth-order valence-corrected chi connectivity index (χ4v) is 4.00. The van der Waals surface area contributed by atoms with E-state index >= 15 is 0 Å². The molecule has 0 radical (unpaired) electrons. The number of alkyl halides is 3. The van der Waals surface area contributed by atoms with Crippen molar-refractivity contribution in [3.05, 3.63) is 52.7 Å². The summed E-state index contributed by atoms with van der Waals surface area (Å²) in [5, 5.41) is 7.16. The van der Waals surface area contributed by atoms with Gasteiger partial charge in [0.2, 0.25) is 5.91 Å². The van der Waals surface area contributed by atoms with Crippen LogP contribution in [-0.4, -0.2) is 31.3 Å². The van der Waals surface area contributed by atoms with Crippen LogP contribution in [0, 0.1) is 5.92 Å². The van der Waals surface area contributed by atoms with Gasteiger partial charge in [-0.2, -0.15) is 18.3 Å². The molecule has 2 aromatic heterocycles. The Morgan fingerprint density at radius 3 is 2.77 bits per heavy atom. The van der Waals surface area contributed by atoms with Gasteiger partial charge in [0.15, 0.2) is 5.65 Å². The molecule has 7 nitrogen and oxygen atoms in total. The van der Waals surface area contributed by atoms with Gasteiger partial charge >= 0.3 is 6.18 Å². The topological polar surface area (TPSA) is 81.8 Å². The van der Waals surface area contributed by atoms with E-state index in [9.17, 15) is 22.8 Å². The van der Waals surface area contributed by atoms with Crippen LogP contribution in [0.1, 0.15) is 38.2 Å².